The highest BCUT2D eigenvalue weighted by molar-refractivity contribution is 5.75. The van der Waals surface area contributed by atoms with Gasteiger partial charge in [0.2, 0.25) is 5.91 Å². The third-order valence-corrected chi connectivity index (χ3v) is 1.61. The lowest BCUT2D eigenvalue weighted by atomic mass is 10.5. The first-order valence-electron chi connectivity index (χ1n) is 4.16. The average molecular weight is 192 g/mol. The molecule has 5 heteroatoms. The standard InChI is InChI=1S/C9H12N4O/c1-3-4-11-8-5-12-13(6-8)7-9(14)10-2/h1,5-6,11H,4,7H2,2H3,(H,10,14). The number of hydrogen-bond donors (Lipinski definition) is 2. The molecule has 0 aliphatic heterocycles. The molecular formula is C9H12N4O. The van der Waals surface area contributed by atoms with Crippen molar-refractivity contribution in [3.63, 3.8) is 0 Å². The van der Waals surface area contributed by atoms with Crippen molar-refractivity contribution < 1.29 is 4.79 Å². The number of aromatic nitrogens is 2. The van der Waals surface area contributed by atoms with Crippen molar-refractivity contribution in [2.45, 2.75) is 6.54 Å². The smallest absolute Gasteiger partial charge is 0.241 e. The van der Waals surface area contributed by atoms with Gasteiger partial charge in [-0.3, -0.25) is 9.48 Å². The van der Waals surface area contributed by atoms with Crippen LogP contribution in [0, 0.1) is 12.3 Å². The van der Waals surface area contributed by atoms with Crippen LogP contribution < -0.4 is 10.6 Å². The first-order chi connectivity index (χ1) is 6.76. The van der Waals surface area contributed by atoms with Crippen LogP contribution in [0.5, 0.6) is 0 Å². The molecular weight excluding hydrogens is 180 g/mol. The predicted molar refractivity (Wildman–Crippen MR) is 53.6 cm³/mol. The van der Waals surface area contributed by atoms with Gasteiger partial charge in [0.25, 0.3) is 0 Å². The van der Waals surface area contributed by atoms with Crippen LogP contribution in [-0.2, 0) is 11.3 Å². The molecule has 0 saturated carbocycles. The Balaban J connectivity index is 2.51. The average Bonchev–Trinajstić information content (AvgIpc) is 2.62. The van der Waals surface area contributed by atoms with Gasteiger partial charge in [-0.15, -0.1) is 6.42 Å². The number of nitrogens with one attached hydrogen (secondary N) is 2. The van der Waals surface area contributed by atoms with Crippen molar-refractivity contribution in [2.75, 3.05) is 18.9 Å². The highest BCUT2D eigenvalue weighted by atomic mass is 16.1. The van der Waals surface area contributed by atoms with E-state index in [2.05, 4.69) is 21.7 Å². The van der Waals surface area contributed by atoms with Crippen LogP contribution in [0.4, 0.5) is 5.69 Å². The quantitative estimate of drug-likeness (QED) is 0.642. The Morgan fingerprint density at radius 3 is 3.21 bits per heavy atom. The van der Waals surface area contributed by atoms with Gasteiger partial charge in [0.15, 0.2) is 0 Å². The molecule has 0 spiro atoms. The lowest BCUT2D eigenvalue weighted by Gasteiger charge is -1.99. The number of rotatable bonds is 4. The molecule has 14 heavy (non-hydrogen) atoms. The zero-order valence-corrected chi connectivity index (χ0v) is 7.95. The minimum absolute atomic E-state index is 0.0865. The summed E-state index contributed by atoms with van der Waals surface area (Å²) in [6.45, 7) is 0.667. The van der Waals surface area contributed by atoms with Gasteiger partial charge in [0.1, 0.15) is 6.54 Å². The number of carbonyl (C=O) groups is 1. The van der Waals surface area contributed by atoms with Crippen LogP contribution >= 0.6 is 0 Å². The highest BCUT2D eigenvalue weighted by Crippen LogP contribution is 2.03. The van der Waals surface area contributed by atoms with E-state index in [0.717, 1.165) is 5.69 Å². The van der Waals surface area contributed by atoms with E-state index in [1.807, 2.05) is 0 Å². The third-order valence-electron chi connectivity index (χ3n) is 1.61. The summed E-state index contributed by atoms with van der Waals surface area (Å²) in [5, 5.41) is 9.45. The van der Waals surface area contributed by atoms with Crippen molar-refractivity contribution in [2.24, 2.45) is 0 Å². The molecule has 1 aromatic rings. The maximum Gasteiger partial charge on any atom is 0.241 e. The summed E-state index contributed by atoms with van der Waals surface area (Å²) >= 11 is 0. The van der Waals surface area contributed by atoms with Gasteiger partial charge in [0.05, 0.1) is 18.4 Å². The van der Waals surface area contributed by atoms with Crippen LogP contribution in [0.15, 0.2) is 12.4 Å². The molecule has 1 aromatic heterocycles. The van der Waals surface area contributed by atoms with Gasteiger partial charge >= 0.3 is 0 Å². The molecule has 5 nitrogen and oxygen atoms in total. The van der Waals surface area contributed by atoms with E-state index in [-0.39, 0.29) is 12.5 Å². The minimum Gasteiger partial charge on any atom is -0.372 e. The molecule has 0 radical (unpaired) electrons. The zero-order valence-electron chi connectivity index (χ0n) is 7.95. The summed E-state index contributed by atoms with van der Waals surface area (Å²) in [5.74, 6) is 2.36. The number of nitrogens with zero attached hydrogens (tertiary/aromatic N) is 2. The summed E-state index contributed by atoms with van der Waals surface area (Å²) < 4.78 is 1.54. The topological polar surface area (TPSA) is 59.0 Å². The Hall–Kier alpha value is -1.96. The molecule has 1 heterocycles. The normalized spacial score (nSPS) is 9.14. The van der Waals surface area contributed by atoms with Crippen molar-refractivity contribution in [1.29, 1.82) is 0 Å². The van der Waals surface area contributed by atoms with E-state index < -0.39 is 0 Å². The van der Waals surface area contributed by atoms with Gasteiger partial charge in [0, 0.05) is 13.2 Å². The molecule has 0 aliphatic carbocycles. The molecule has 0 unspecified atom stereocenters. The van der Waals surface area contributed by atoms with E-state index in [1.54, 1.807) is 19.4 Å². The van der Waals surface area contributed by atoms with Crippen molar-refractivity contribution in [3.05, 3.63) is 12.4 Å². The van der Waals surface area contributed by atoms with Crippen molar-refractivity contribution >= 4 is 11.6 Å². The lowest BCUT2D eigenvalue weighted by molar-refractivity contribution is -0.121. The summed E-state index contributed by atoms with van der Waals surface area (Å²) in [6, 6.07) is 0. The highest BCUT2D eigenvalue weighted by Gasteiger charge is 2.01. The fraction of sp³-hybridized carbons (Fsp3) is 0.333. The summed E-state index contributed by atoms with van der Waals surface area (Å²) in [7, 11) is 1.59. The summed E-state index contributed by atoms with van der Waals surface area (Å²) in [6.07, 6.45) is 8.44. The Morgan fingerprint density at radius 1 is 1.79 bits per heavy atom. The first-order valence-corrected chi connectivity index (χ1v) is 4.16. The largest absolute Gasteiger partial charge is 0.372 e. The van der Waals surface area contributed by atoms with Gasteiger partial charge in [-0.1, -0.05) is 5.92 Å². The molecule has 0 aromatic carbocycles. The maximum absolute atomic E-state index is 11.0. The molecule has 74 valence electrons. The fourth-order valence-corrected chi connectivity index (χ4v) is 0.921. The molecule has 0 saturated heterocycles. The van der Waals surface area contributed by atoms with Crippen LogP contribution in [0.2, 0.25) is 0 Å². The lowest BCUT2D eigenvalue weighted by Crippen LogP contribution is -2.23. The number of amides is 1. The number of anilines is 1. The Bertz CT molecular complexity index is 350. The van der Waals surface area contributed by atoms with Gasteiger partial charge in [-0.25, -0.2) is 0 Å². The maximum atomic E-state index is 11.0. The predicted octanol–water partition coefficient (Wildman–Crippen LogP) is -0.326. The molecule has 2 N–H and O–H groups in total. The van der Waals surface area contributed by atoms with Gasteiger partial charge in [-0.05, 0) is 0 Å². The van der Waals surface area contributed by atoms with Crippen molar-refractivity contribution in [1.82, 2.24) is 15.1 Å². The number of likely N-dealkylation sites (N-methyl/N-ethyl adjacent to an activating group) is 1. The van der Waals surface area contributed by atoms with E-state index in [0.29, 0.717) is 6.54 Å². The molecule has 0 atom stereocenters. The SMILES string of the molecule is C#CCNc1cnn(CC(=O)NC)c1. The first kappa shape index (κ1) is 10.1. The fourth-order valence-electron chi connectivity index (χ4n) is 0.921. The van der Waals surface area contributed by atoms with Crippen LogP contribution in [0.25, 0.3) is 0 Å². The second-order valence-electron chi connectivity index (χ2n) is 2.66. The van der Waals surface area contributed by atoms with Crippen LogP contribution in [0.1, 0.15) is 0 Å². The summed E-state index contributed by atoms with van der Waals surface area (Å²) in [4.78, 5) is 11.0. The monoisotopic (exact) mass is 192 g/mol. The number of terminal acetylenes is 1. The number of carbonyl (C=O) groups excluding carboxylic acids is 1. The Morgan fingerprint density at radius 2 is 2.57 bits per heavy atom. The molecule has 1 amide bonds. The molecule has 0 aliphatic rings. The zero-order chi connectivity index (χ0) is 10.4. The van der Waals surface area contributed by atoms with Gasteiger partial charge < -0.3 is 10.6 Å². The van der Waals surface area contributed by atoms with E-state index in [9.17, 15) is 4.79 Å². The van der Waals surface area contributed by atoms with Crippen molar-refractivity contribution in [3.8, 4) is 12.3 Å². The van der Waals surface area contributed by atoms with E-state index in [4.69, 9.17) is 6.42 Å². The molecule has 0 bridgehead atoms. The van der Waals surface area contributed by atoms with E-state index in [1.165, 1.54) is 4.68 Å². The Kier molecular flexibility index (Phi) is 3.56. The van der Waals surface area contributed by atoms with Gasteiger partial charge in [-0.2, -0.15) is 5.10 Å². The third kappa shape index (κ3) is 2.83. The molecule has 1 rings (SSSR count). The minimum atomic E-state index is -0.0865. The summed E-state index contributed by atoms with van der Waals surface area (Å²) in [5.41, 5.74) is 0.812. The number of hydrogen-bond acceptors (Lipinski definition) is 3. The van der Waals surface area contributed by atoms with Crippen LogP contribution in [0.3, 0.4) is 0 Å². The van der Waals surface area contributed by atoms with E-state index >= 15 is 0 Å². The second kappa shape index (κ2) is 4.92. The van der Waals surface area contributed by atoms with Crippen LogP contribution in [-0.4, -0.2) is 29.3 Å². The Labute approximate surface area is 82.5 Å². The second-order valence-corrected chi connectivity index (χ2v) is 2.66. The molecule has 0 fully saturated rings.